The molecule has 0 bridgehead atoms. The van der Waals surface area contributed by atoms with Crippen molar-refractivity contribution in [3.05, 3.63) is 69.0 Å². The molecule has 0 saturated carbocycles. The molecule has 5 nitrogen and oxygen atoms in total. The number of ether oxygens (including phenoxy) is 2. The molecule has 2 aromatic carbocycles. The second-order valence-electron chi connectivity index (χ2n) is 6.21. The molecule has 150 valence electrons. The van der Waals surface area contributed by atoms with E-state index in [2.05, 4.69) is 21.2 Å². The molecule has 1 N–H and O–H groups in total. The molecule has 0 fully saturated rings. The van der Waals surface area contributed by atoms with Gasteiger partial charge in [-0.1, -0.05) is 23.8 Å². The van der Waals surface area contributed by atoms with E-state index >= 15 is 0 Å². The van der Waals surface area contributed by atoms with E-state index in [-0.39, 0.29) is 12.5 Å². The Morgan fingerprint density at radius 3 is 2.59 bits per heavy atom. The lowest BCUT2D eigenvalue weighted by Gasteiger charge is -2.12. The van der Waals surface area contributed by atoms with Crippen LogP contribution in [0.2, 0.25) is 0 Å². The summed E-state index contributed by atoms with van der Waals surface area (Å²) in [5, 5.41) is 5.12. The maximum absolute atomic E-state index is 12.8. The van der Waals surface area contributed by atoms with Crippen molar-refractivity contribution in [3.63, 3.8) is 0 Å². The number of esters is 1. The molecule has 29 heavy (non-hydrogen) atoms. The van der Waals surface area contributed by atoms with Gasteiger partial charge in [0.05, 0.1) is 19.3 Å². The Morgan fingerprint density at radius 1 is 1.14 bits per heavy atom. The van der Waals surface area contributed by atoms with Gasteiger partial charge in [0, 0.05) is 21.0 Å². The number of aryl methyl sites for hydroxylation is 1. The van der Waals surface area contributed by atoms with Crippen LogP contribution in [0.15, 0.2) is 52.3 Å². The van der Waals surface area contributed by atoms with Gasteiger partial charge in [0.15, 0.2) is 0 Å². The average Bonchev–Trinajstić information content (AvgIpc) is 3.11. The third-order valence-corrected chi connectivity index (χ3v) is 5.85. The third-order valence-electron chi connectivity index (χ3n) is 4.26. The summed E-state index contributed by atoms with van der Waals surface area (Å²) in [6.07, 6.45) is 0. The Hall–Kier alpha value is -2.64. The number of carbonyl (C=O) groups excluding carboxylic acids is 2. The predicted molar refractivity (Wildman–Crippen MR) is 119 cm³/mol. The first-order valence-corrected chi connectivity index (χ1v) is 10.6. The Labute approximate surface area is 181 Å². The first-order chi connectivity index (χ1) is 14.0. The number of hydrogen-bond acceptors (Lipinski definition) is 5. The molecule has 0 aliphatic rings. The van der Waals surface area contributed by atoms with Gasteiger partial charge in [-0.05, 0) is 54.0 Å². The number of anilines is 1. The van der Waals surface area contributed by atoms with Crippen molar-refractivity contribution in [2.45, 2.75) is 13.8 Å². The first-order valence-electron chi connectivity index (χ1n) is 8.95. The lowest BCUT2D eigenvalue weighted by atomic mass is 10.0. The molecular formula is C22H20BrNO4S. The average molecular weight is 474 g/mol. The van der Waals surface area contributed by atoms with Gasteiger partial charge in [0.2, 0.25) is 0 Å². The molecule has 0 saturated heterocycles. The third kappa shape index (κ3) is 4.52. The van der Waals surface area contributed by atoms with Gasteiger partial charge in [0.1, 0.15) is 16.3 Å². The van der Waals surface area contributed by atoms with Crippen molar-refractivity contribution >= 4 is 44.1 Å². The summed E-state index contributed by atoms with van der Waals surface area (Å²) in [6.45, 7) is 3.95. The highest BCUT2D eigenvalue weighted by atomic mass is 79.9. The molecule has 3 rings (SSSR count). The first kappa shape index (κ1) is 21.1. The van der Waals surface area contributed by atoms with Crippen LogP contribution in [0.5, 0.6) is 5.75 Å². The van der Waals surface area contributed by atoms with Crippen LogP contribution in [-0.4, -0.2) is 25.6 Å². The van der Waals surface area contributed by atoms with E-state index in [9.17, 15) is 9.59 Å². The van der Waals surface area contributed by atoms with Gasteiger partial charge in [-0.3, -0.25) is 4.79 Å². The highest BCUT2D eigenvalue weighted by Crippen LogP contribution is 2.41. The second-order valence-corrected chi connectivity index (χ2v) is 7.95. The molecule has 0 spiro atoms. The summed E-state index contributed by atoms with van der Waals surface area (Å²) in [6, 6.07) is 12.9. The second kappa shape index (κ2) is 9.24. The highest BCUT2D eigenvalue weighted by Gasteiger charge is 2.25. The maximum Gasteiger partial charge on any atom is 0.341 e. The minimum Gasteiger partial charge on any atom is -0.496 e. The van der Waals surface area contributed by atoms with E-state index in [1.807, 2.05) is 36.6 Å². The zero-order chi connectivity index (χ0) is 21.0. The zero-order valence-electron chi connectivity index (χ0n) is 16.2. The molecule has 1 heterocycles. The smallest absolute Gasteiger partial charge is 0.341 e. The zero-order valence-corrected chi connectivity index (χ0v) is 18.6. The molecule has 0 aliphatic heterocycles. The quantitative estimate of drug-likeness (QED) is 0.451. The molecule has 0 aliphatic carbocycles. The van der Waals surface area contributed by atoms with Gasteiger partial charge in [-0.2, -0.15) is 0 Å². The van der Waals surface area contributed by atoms with Gasteiger partial charge < -0.3 is 14.8 Å². The van der Waals surface area contributed by atoms with E-state index in [1.54, 1.807) is 32.2 Å². The number of benzene rings is 2. The van der Waals surface area contributed by atoms with E-state index in [0.717, 1.165) is 11.1 Å². The molecule has 3 aromatic rings. The molecule has 0 radical (unpaired) electrons. The number of methoxy groups -OCH3 is 1. The predicted octanol–water partition coefficient (Wildman–Crippen LogP) is 5.92. The van der Waals surface area contributed by atoms with Crippen LogP contribution < -0.4 is 10.1 Å². The summed E-state index contributed by atoms with van der Waals surface area (Å²) in [4.78, 5) is 25.6. The summed E-state index contributed by atoms with van der Waals surface area (Å²) in [5.74, 6) is -0.162. The molecule has 1 amide bonds. The number of nitrogens with one attached hydrogen (secondary N) is 1. The number of carbonyl (C=O) groups is 2. The van der Waals surface area contributed by atoms with Crippen LogP contribution in [0.4, 0.5) is 5.00 Å². The lowest BCUT2D eigenvalue weighted by Crippen LogP contribution is -2.15. The maximum atomic E-state index is 12.8. The number of halogens is 1. The van der Waals surface area contributed by atoms with Gasteiger partial charge >= 0.3 is 5.97 Å². The normalized spacial score (nSPS) is 10.5. The molecule has 0 unspecified atom stereocenters. The number of thiophene rings is 1. The van der Waals surface area contributed by atoms with Crippen molar-refractivity contribution < 1.29 is 19.1 Å². The molecular weight excluding hydrogens is 454 g/mol. The monoisotopic (exact) mass is 473 g/mol. The summed E-state index contributed by atoms with van der Waals surface area (Å²) >= 11 is 4.66. The Kier molecular flexibility index (Phi) is 6.71. The summed E-state index contributed by atoms with van der Waals surface area (Å²) in [7, 11) is 1.58. The van der Waals surface area contributed by atoms with Crippen molar-refractivity contribution in [2.75, 3.05) is 19.0 Å². The highest BCUT2D eigenvalue weighted by molar-refractivity contribution is 9.10. The van der Waals surface area contributed by atoms with E-state index < -0.39 is 5.97 Å². The van der Waals surface area contributed by atoms with Gasteiger partial charge in [-0.25, -0.2) is 4.79 Å². The number of hydrogen-bond donors (Lipinski definition) is 1. The lowest BCUT2D eigenvalue weighted by molar-refractivity contribution is 0.0529. The van der Waals surface area contributed by atoms with Crippen molar-refractivity contribution in [3.8, 4) is 16.9 Å². The van der Waals surface area contributed by atoms with Crippen LogP contribution in [-0.2, 0) is 4.74 Å². The van der Waals surface area contributed by atoms with E-state index in [1.165, 1.54) is 11.3 Å². The fraction of sp³-hybridized carbons (Fsp3) is 0.182. The topological polar surface area (TPSA) is 64.6 Å². The van der Waals surface area contributed by atoms with Gasteiger partial charge in [0.25, 0.3) is 5.91 Å². The largest absolute Gasteiger partial charge is 0.496 e. The minimum absolute atomic E-state index is 0.233. The Balaban J connectivity index is 2.08. The van der Waals surface area contributed by atoms with Crippen LogP contribution in [0.25, 0.3) is 11.1 Å². The summed E-state index contributed by atoms with van der Waals surface area (Å²) in [5.41, 5.74) is 3.26. The molecule has 7 heteroatoms. The van der Waals surface area contributed by atoms with Crippen molar-refractivity contribution in [1.82, 2.24) is 0 Å². The van der Waals surface area contributed by atoms with Crippen molar-refractivity contribution in [1.29, 1.82) is 0 Å². The van der Waals surface area contributed by atoms with Crippen LogP contribution in [0.1, 0.15) is 33.2 Å². The fourth-order valence-corrected chi connectivity index (χ4v) is 4.31. The Morgan fingerprint density at radius 2 is 1.90 bits per heavy atom. The Bertz CT molecular complexity index is 1060. The van der Waals surface area contributed by atoms with E-state index in [4.69, 9.17) is 9.47 Å². The standard InChI is InChI=1S/C22H20BrNO4S/c1-4-28-22(26)19-16(15-11-13(2)9-10-18(15)27-3)12-29-21(19)24-20(25)14-7-5-6-8-17(14)23/h5-12H,4H2,1-3H3,(H,24,25). The van der Waals surface area contributed by atoms with Crippen LogP contribution >= 0.6 is 27.3 Å². The minimum atomic E-state index is -0.491. The molecule has 1 aromatic heterocycles. The van der Waals surface area contributed by atoms with E-state index in [0.29, 0.717) is 31.9 Å². The van der Waals surface area contributed by atoms with Crippen LogP contribution in [0, 0.1) is 6.92 Å². The van der Waals surface area contributed by atoms with Crippen molar-refractivity contribution in [2.24, 2.45) is 0 Å². The SMILES string of the molecule is CCOC(=O)c1c(-c2cc(C)ccc2OC)csc1NC(=O)c1ccccc1Br. The fourth-order valence-electron chi connectivity index (χ4n) is 2.90. The van der Waals surface area contributed by atoms with Crippen LogP contribution in [0.3, 0.4) is 0 Å². The number of amides is 1. The number of rotatable bonds is 6. The summed E-state index contributed by atoms with van der Waals surface area (Å²) < 4.78 is 11.4. The van der Waals surface area contributed by atoms with Gasteiger partial charge in [-0.15, -0.1) is 11.3 Å². The molecule has 0 atom stereocenters.